The Morgan fingerprint density at radius 2 is 1.86 bits per heavy atom. The molecule has 116 valence electrons. The molecule has 1 N–H and O–H groups in total. The van der Waals surface area contributed by atoms with Gasteiger partial charge in [0.05, 0.1) is 13.2 Å². The van der Waals surface area contributed by atoms with Gasteiger partial charge in [-0.3, -0.25) is 0 Å². The maximum Gasteiger partial charge on any atom is 0.161 e. The number of rotatable bonds is 5. The van der Waals surface area contributed by atoms with Crippen molar-refractivity contribution in [3.63, 3.8) is 0 Å². The Morgan fingerprint density at radius 3 is 2.67 bits per heavy atom. The van der Waals surface area contributed by atoms with E-state index < -0.39 is 0 Å². The zero-order valence-electron chi connectivity index (χ0n) is 12.9. The summed E-state index contributed by atoms with van der Waals surface area (Å²) in [5, 5.41) is 3.61. The monoisotopic (exact) mass is 290 g/mol. The summed E-state index contributed by atoms with van der Waals surface area (Å²) in [6.07, 6.45) is 3.67. The van der Waals surface area contributed by atoms with E-state index in [4.69, 9.17) is 9.47 Å². The highest BCUT2D eigenvalue weighted by Crippen LogP contribution is 2.30. The van der Waals surface area contributed by atoms with Gasteiger partial charge < -0.3 is 19.7 Å². The van der Waals surface area contributed by atoms with Crippen molar-refractivity contribution in [3.8, 4) is 11.5 Å². The Labute approximate surface area is 127 Å². The van der Waals surface area contributed by atoms with E-state index in [0.29, 0.717) is 6.04 Å². The Bertz CT molecular complexity index is 458. The predicted octanol–water partition coefficient (Wildman–Crippen LogP) is 2.42. The van der Waals surface area contributed by atoms with E-state index in [2.05, 4.69) is 29.3 Å². The van der Waals surface area contributed by atoms with Crippen LogP contribution >= 0.6 is 0 Å². The first-order chi connectivity index (χ1) is 10.3. The van der Waals surface area contributed by atoms with Crippen LogP contribution in [0, 0.1) is 0 Å². The van der Waals surface area contributed by atoms with Gasteiger partial charge in [-0.1, -0.05) is 6.07 Å². The summed E-state index contributed by atoms with van der Waals surface area (Å²) >= 11 is 0. The van der Waals surface area contributed by atoms with Gasteiger partial charge in [0.2, 0.25) is 0 Å². The molecule has 0 radical (unpaired) electrons. The smallest absolute Gasteiger partial charge is 0.161 e. The van der Waals surface area contributed by atoms with Crippen LogP contribution in [0.2, 0.25) is 0 Å². The van der Waals surface area contributed by atoms with Gasteiger partial charge in [0.25, 0.3) is 0 Å². The van der Waals surface area contributed by atoms with Crippen molar-refractivity contribution >= 4 is 0 Å². The zero-order chi connectivity index (χ0) is 14.5. The summed E-state index contributed by atoms with van der Waals surface area (Å²) in [4.78, 5) is 2.55. The molecule has 1 atom stereocenters. The average Bonchev–Trinajstić information content (AvgIpc) is 2.88. The minimum Gasteiger partial charge on any atom is -0.490 e. The second kappa shape index (κ2) is 7.14. The molecule has 0 bridgehead atoms. The van der Waals surface area contributed by atoms with E-state index in [9.17, 15) is 0 Å². The summed E-state index contributed by atoms with van der Waals surface area (Å²) in [5.41, 5.74) is 1.26. The number of ether oxygens (including phenoxy) is 2. The fraction of sp³-hybridized carbons (Fsp3) is 0.647. The summed E-state index contributed by atoms with van der Waals surface area (Å²) in [6.45, 7) is 8.30. The van der Waals surface area contributed by atoms with Crippen LogP contribution in [0.5, 0.6) is 11.5 Å². The third-order valence-electron chi connectivity index (χ3n) is 4.20. The third-order valence-corrected chi connectivity index (χ3v) is 4.20. The first-order valence-electron chi connectivity index (χ1n) is 8.15. The summed E-state index contributed by atoms with van der Waals surface area (Å²) in [7, 11) is 0. The molecule has 0 amide bonds. The molecule has 0 saturated carbocycles. The number of nitrogens with zero attached hydrogens (tertiary/aromatic N) is 1. The molecule has 2 aliphatic heterocycles. The van der Waals surface area contributed by atoms with Crippen molar-refractivity contribution in [2.24, 2.45) is 0 Å². The quantitative estimate of drug-likeness (QED) is 0.903. The van der Waals surface area contributed by atoms with E-state index >= 15 is 0 Å². The molecule has 0 aromatic heterocycles. The largest absolute Gasteiger partial charge is 0.490 e. The van der Waals surface area contributed by atoms with Crippen LogP contribution in [0.15, 0.2) is 18.2 Å². The van der Waals surface area contributed by atoms with E-state index in [-0.39, 0.29) is 0 Å². The molecule has 4 heteroatoms. The molecule has 1 aromatic rings. The lowest BCUT2D eigenvalue weighted by atomic mass is 10.2. The maximum atomic E-state index is 5.74. The van der Waals surface area contributed by atoms with Crippen LogP contribution < -0.4 is 14.8 Å². The van der Waals surface area contributed by atoms with Gasteiger partial charge in [0.15, 0.2) is 11.5 Å². The molecule has 1 saturated heterocycles. The van der Waals surface area contributed by atoms with Gasteiger partial charge in [-0.25, -0.2) is 0 Å². The van der Waals surface area contributed by atoms with Gasteiger partial charge in [-0.2, -0.15) is 0 Å². The Kier molecular flexibility index (Phi) is 4.99. The predicted molar refractivity (Wildman–Crippen MR) is 84.0 cm³/mol. The van der Waals surface area contributed by atoms with E-state index in [1.54, 1.807) is 0 Å². The lowest BCUT2D eigenvalue weighted by molar-refractivity contribution is 0.296. The van der Waals surface area contributed by atoms with Gasteiger partial charge in [-0.15, -0.1) is 0 Å². The van der Waals surface area contributed by atoms with Crippen LogP contribution in [0.4, 0.5) is 0 Å². The SMILES string of the molecule is CC(CN1CCCC1)NCc1ccc2c(c1)OCCCO2. The molecular formula is C17H26N2O2. The zero-order valence-corrected chi connectivity index (χ0v) is 12.9. The lowest BCUT2D eigenvalue weighted by Crippen LogP contribution is -2.37. The molecule has 4 nitrogen and oxygen atoms in total. The van der Waals surface area contributed by atoms with E-state index in [1.165, 1.54) is 31.5 Å². The van der Waals surface area contributed by atoms with Crippen LogP contribution in [0.1, 0.15) is 31.7 Å². The topological polar surface area (TPSA) is 33.7 Å². The van der Waals surface area contributed by atoms with Crippen molar-refractivity contribution in [1.29, 1.82) is 0 Å². The van der Waals surface area contributed by atoms with Crippen molar-refractivity contribution in [2.45, 2.75) is 38.8 Å². The van der Waals surface area contributed by atoms with E-state index in [1.807, 2.05) is 6.07 Å². The summed E-state index contributed by atoms with van der Waals surface area (Å²) in [5.74, 6) is 1.76. The fourth-order valence-electron chi connectivity index (χ4n) is 3.03. The number of fused-ring (bicyclic) bond motifs is 1. The van der Waals surface area contributed by atoms with Gasteiger partial charge in [0.1, 0.15) is 0 Å². The fourth-order valence-corrected chi connectivity index (χ4v) is 3.03. The highest BCUT2D eigenvalue weighted by Gasteiger charge is 2.15. The Hall–Kier alpha value is -1.26. The normalized spacial score (nSPS) is 20.2. The Balaban J connectivity index is 1.51. The molecule has 2 aliphatic rings. The van der Waals surface area contributed by atoms with Crippen LogP contribution in [0.25, 0.3) is 0 Å². The molecule has 1 aromatic carbocycles. The molecule has 1 fully saturated rings. The van der Waals surface area contributed by atoms with Gasteiger partial charge in [-0.05, 0) is 50.6 Å². The van der Waals surface area contributed by atoms with E-state index in [0.717, 1.165) is 44.2 Å². The first-order valence-corrected chi connectivity index (χ1v) is 8.15. The van der Waals surface area contributed by atoms with Crippen molar-refractivity contribution in [1.82, 2.24) is 10.2 Å². The average molecular weight is 290 g/mol. The first kappa shape index (κ1) is 14.7. The highest BCUT2D eigenvalue weighted by atomic mass is 16.5. The molecular weight excluding hydrogens is 264 g/mol. The standard InChI is InChI=1S/C17H26N2O2/c1-14(13-19-7-2-3-8-19)18-12-15-5-6-16-17(11-15)21-10-4-9-20-16/h5-6,11,14,18H,2-4,7-10,12-13H2,1H3. The number of nitrogens with one attached hydrogen (secondary N) is 1. The minimum absolute atomic E-state index is 0.513. The minimum atomic E-state index is 0.513. The van der Waals surface area contributed by atoms with Crippen molar-refractivity contribution in [3.05, 3.63) is 23.8 Å². The van der Waals surface area contributed by atoms with Crippen molar-refractivity contribution in [2.75, 3.05) is 32.8 Å². The molecule has 2 heterocycles. The molecule has 0 aliphatic carbocycles. The highest BCUT2D eigenvalue weighted by molar-refractivity contribution is 5.43. The van der Waals surface area contributed by atoms with Crippen LogP contribution in [-0.4, -0.2) is 43.8 Å². The van der Waals surface area contributed by atoms with Crippen LogP contribution in [0.3, 0.4) is 0 Å². The maximum absolute atomic E-state index is 5.74. The van der Waals surface area contributed by atoms with Gasteiger partial charge >= 0.3 is 0 Å². The summed E-state index contributed by atoms with van der Waals surface area (Å²) < 4.78 is 11.4. The summed E-state index contributed by atoms with van der Waals surface area (Å²) in [6, 6.07) is 6.78. The molecule has 1 unspecified atom stereocenters. The number of benzene rings is 1. The number of hydrogen-bond donors (Lipinski definition) is 1. The molecule has 3 rings (SSSR count). The molecule has 0 spiro atoms. The van der Waals surface area contributed by atoms with Gasteiger partial charge in [0, 0.05) is 25.6 Å². The number of likely N-dealkylation sites (tertiary alicyclic amines) is 1. The Morgan fingerprint density at radius 1 is 1.10 bits per heavy atom. The number of hydrogen-bond acceptors (Lipinski definition) is 4. The lowest BCUT2D eigenvalue weighted by Gasteiger charge is -2.21. The van der Waals surface area contributed by atoms with Crippen LogP contribution in [-0.2, 0) is 6.54 Å². The second-order valence-corrected chi connectivity index (χ2v) is 6.12. The third kappa shape index (κ3) is 4.11. The van der Waals surface area contributed by atoms with Crippen molar-refractivity contribution < 1.29 is 9.47 Å². The second-order valence-electron chi connectivity index (χ2n) is 6.12. The molecule has 21 heavy (non-hydrogen) atoms.